The molecule has 3 aliphatic heterocycles. The minimum atomic E-state index is -0.614. The van der Waals surface area contributed by atoms with Crippen molar-refractivity contribution in [1.82, 2.24) is 15.1 Å². The third kappa shape index (κ3) is 4.90. The van der Waals surface area contributed by atoms with Gasteiger partial charge in [-0.1, -0.05) is 26.7 Å². The van der Waals surface area contributed by atoms with Crippen LogP contribution in [0.2, 0.25) is 0 Å². The number of hydrogen-bond donors (Lipinski definition) is 1. The van der Waals surface area contributed by atoms with Crippen molar-refractivity contribution in [3.05, 3.63) is 29.8 Å². The molecule has 8 heteroatoms. The van der Waals surface area contributed by atoms with E-state index in [9.17, 15) is 14.4 Å². The van der Waals surface area contributed by atoms with Crippen molar-refractivity contribution in [3.63, 3.8) is 0 Å². The Morgan fingerprint density at radius 3 is 2.33 bits per heavy atom. The van der Waals surface area contributed by atoms with Crippen LogP contribution in [0.4, 0.5) is 5.69 Å². The summed E-state index contributed by atoms with van der Waals surface area (Å²) in [6, 6.07) is 6.58. The van der Waals surface area contributed by atoms with Crippen LogP contribution in [-0.4, -0.2) is 92.0 Å². The molecule has 1 saturated carbocycles. The summed E-state index contributed by atoms with van der Waals surface area (Å²) in [6.07, 6.45) is 3.72. The van der Waals surface area contributed by atoms with E-state index < -0.39 is 12.1 Å². The number of fused-ring (bicyclic) bond motifs is 1. The van der Waals surface area contributed by atoms with Gasteiger partial charge in [0.1, 0.15) is 18.7 Å². The molecule has 4 atom stereocenters. The molecule has 4 fully saturated rings. The lowest BCUT2D eigenvalue weighted by molar-refractivity contribution is -0.139. The van der Waals surface area contributed by atoms with Gasteiger partial charge in [-0.25, -0.2) is 0 Å². The Kier molecular flexibility index (Phi) is 7.35. The minimum Gasteiger partial charge on any atom is -0.369 e. The van der Waals surface area contributed by atoms with Crippen LogP contribution in [0, 0.1) is 17.8 Å². The Bertz CT molecular complexity index is 966. The first kappa shape index (κ1) is 25.2. The fourth-order valence-corrected chi connectivity index (χ4v) is 6.47. The van der Waals surface area contributed by atoms with Gasteiger partial charge < -0.3 is 24.8 Å². The molecule has 0 unspecified atom stereocenters. The van der Waals surface area contributed by atoms with E-state index in [0.29, 0.717) is 18.0 Å². The largest absolute Gasteiger partial charge is 0.369 e. The number of Topliss-reactive ketones (excluding diaryl/α,β-unsaturated/α-hetero) is 1. The zero-order valence-electron chi connectivity index (χ0n) is 21.8. The predicted molar refractivity (Wildman–Crippen MR) is 138 cm³/mol. The molecule has 36 heavy (non-hydrogen) atoms. The number of ketones is 1. The minimum absolute atomic E-state index is 0.0208. The van der Waals surface area contributed by atoms with Crippen LogP contribution in [0.15, 0.2) is 24.3 Å². The second-order valence-corrected chi connectivity index (χ2v) is 11.4. The summed E-state index contributed by atoms with van der Waals surface area (Å²) < 4.78 is 5.83. The number of nitrogens with one attached hydrogen (secondary N) is 1. The Morgan fingerprint density at radius 1 is 1.03 bits per heavy atom. The number of amides is 2. The number of carbonyl (C=O) groups excluding carboxylic acids is 3. The highest BCUT2D eigenvalue weighted by molar-refractivity contribution is 5.99. The number of ether oxygens (including phenoxy) is 1. The molecule has 0 spiro atoms. The molecular formula is C28H40N4O4. The molecular weight excluding hydrogens is 456 g/mol. The number of likely N-dealkylation sites (tertiary alicyclic amines) is 1. The van der Waals surface area contributed by atoms with Crippen LogP contribution in [0.1, 0.15) is 49.9 Å². The summed E-state index contributed by atoms with van der Waals surface area (Å²) in [7, 11) is 2.13. The van der Waals surface area contributed by atoms with E-state index in [4.69, 9.17) is 4.74 Å². The summed E-state index contributed by atoms with van der Waals surface area (Å²) in [5.41, 5.74) is 1.67. The van der Waals surface area contributed by atoms with Crippen LogP contribution in [-0.2, 0) is 14.3 Å². The molecule has 1 aliphatic carbocycles. The molecule has 1 aromatic carbocycles. The number of anilines is 1. The molecule has 3 heterocycles. The quantitative estimate of drug-likeness (QED) is 0.650. The van der Waals surface area contributed by atoms with Crippen molar-refractivity contribution in [2.75, 3.05) is 51.3 Å². The Hall–Kier alpha value is -2.45. The van der Waals surface area contributed by atoms with Gasteiger partial charge >= 0.3 is 0 Å². The SMILES string of the molecule is CC(C)[C@@H]1CN(C(=O)[C@@H](NC(=O)c2ccc(N3CCN(C)CC3)cc2)C2CCCC2)[C@@H]2C(=O)CO[C@@H]21. The summed E-state index contributed by atoms with van der Waals surface area (Å²) >= 11 is 0. The Morgan fingerprint density at radius 2 is 1.69 bits per heavy atom. The number of nitrogens with zero attached hydrogens (tertiary/aromatic N) is 3. The molecule has 3 saturated heterocycles. The third-order valence-corrected chi connectivity index (χ3v) is 8.79. The van der Waals surface area contributed by atoms with Crippen LogP contribution < -0.4 is 10.2 Å². The Labute approximate surface area is 214 Å². The average molecular weight is 497 g/mol. The maximum atomic E-state index is 13.9. The van der Waals surface area contributed by atoms with E-state index in [1.807, 2.05) is 24.3 Å². The summed E-state index contributed by atoms with van der Waals surface area (Å²) in [6.45, 7) is 8.80. The summed E-state index contributed by atoms with van der Waals surface area (Å²) in [5.74, 6) is 0.163. The molecule has 4 aliphatic rings. The maximum Gasteiger partial charge on any atom is 0.251 e. The fraction of sp³-hybridized carbons (Fsp3) is 0.679. The van der Waals surface area contributed by atoms with E-state index in [1.165, 1.54) is 0 Å². The number of benzene rings is 1. The van der Waals surface area contributed by atoms with Crippen LogP contribution in [0.25, 0.3) is 0 Å². The third-order valence-electron chi connectivity index (χ3n) is 8.79. The highest BCUT2D eigenvalue weighted by Crippen LogP contribution is 2.37. The smallest absolute Gasteiger partial charge is 0.251 e. The average Bonchev–Trinajstić information content (AvgIpc) is 3.62. The highest BCUT2D eigenvalue weighted by atomic mass is 16.5. The van der Waals surface area contributed by atoms with E-state index >= 15 is 0 Å². The normalized spacial score (nSPS) is 28.1. The molecule has 0 radical (unpaired) electrons. The first-order chi connectivity index (χ1) is 17.3. The van der Waals surface area contributed by atoms with Gasteiger partial charge in [-0.3, -0.25) is 14.4 Å². The molecule has 1 aromatic rings. The molecule has 0 bridgehead atoms. The monoisotopic (exact) mass is 496 g/mol. The number of carbonyl (C=O) groups is 3. The molecule has 1 N–H and O–H groups in total. The lowest BCUT2D eigenvalue weighted by Crippen LogP contribution is -2.54. The van der Waals surface area contributed by atoms with Gasteiger partial charge in [0.25, 0.3) is 5.91 Å². The second-order valence-electron chi connectivity index (χ2n) is 11.4. The zero-order valence-corrected chi connectivity index (χ0v) is 21.8. The number of rotatable bonds is 6. The summed E-state index contributed by atoms with van der Waals surface area (Å²) in [5, 5.41) is 3.09. The lowest BCUT2D eigenvalue weighted by atomic mass is 9.91. The van der Waals surface area contributed by atoms with E-state index in [-0.39, 0.29) is 42.1 Å². The van der Waals surface area contributed by atoms with Crippen molar-refractivity contribution < 1.29 is 19.1 Å². The first-order valence-corrected chi connectivity index (χ1v) is 13.6. The van der Waals surface area contributed by atoms with Crippen molar-refractivity contribution in [2.45, 2.75) is 57.7 Å². The maximum absolute atomic E-state index is 13.9. The topological polar surface area (TPSA) is 82.2 Å². The second kappa shape index (κ2) is 10.5. The Balaban J connectivity index is 1.31. The standard InChI is InChI=1S/C28H40N4O4/c1-18(2)22-16-32(25-23(33)17-36-26(22)25)28(35)24(19-6-4-5-7-19)29-27(34)20-8-10-21(11-9-20)31-14-12-30(3)13-15-31/h8-11,18-19,22,24-26H,4-7,12-17H2,1-3H3,(H,29,34)/t22-,24-,25+,26+/m0/s1. The van der Waals surface area contributed by atoms with Crippen molar-refractivity contribution in [2.24, 2.45) is 17.8 Å². The van der Waals surface area contributed by atoms with Gasteiger partial charge in [0.2, 0.25) is 5.91 Å². The highest BCUT2D eigenvalue weighted by Gasteiger charge is 2.54. The van der Waals surface area contributed by atoms with Crippen molar-refractivity contribution >= 4 is 23.3 Å². The number of hydrogen-bond acceptors (Lipinski definition) is 6. The number of piperazine rings is 1. The fourth-order valence-electron chi connectivity index (χ4n) is 6.47. The van der Waals surface area contributed by atoms with Crippen molar-refractivity contribution in [1.29, 1.82) is 0 Å². The zero-order chi connectivity index (χ0) is 25.4. The van der Waals surface area contributed by atoms with Crippen LogP contribution in [0.3, 0.4) is 0 Å². The van der Waals surface area contributed by atoms with E-state index in [1.54, 1.807) is 4.90 Å². The molecule has 196 valence electrons. The van der Waals surface area contributed by atoms with Crippen molar-refractivity contribution in [3.8, 4) is 0 Å². The van der Waals surface area contributed by atoms with E-state index in [0.717, 1.165) is 57.5 Å². The number of likely N-dealkylation sites (N-methyl/N-ethyl adjacent to an activating group) is 1. The molecule has 5 rings (SSSR count). The molecule has 2 amide bonds. The predicted octanol–water partition coefficient (Wildman–Crippen LogP) is 2.18. The first-order valence-electron chi connectivity index (χ1n) is 13.6. The van der Waals surface area contributed by atoms with Gasteiger partial charge in [-0.05, 0) is 56.0 Å². The lowest BCUT2D eigenvalue weighted by Gasteiger charge is -2.34. The summed E-state index contributed by atoms with van der Waals surface area (Å²) in [4.78, 5) is 46.3. The van der Waals surface area contributed by atoms with Crippen LogP contribution in [0.5, 0.6) is 0 Å². The van der Waals surface area contributed by atoms with Gasteiger partial charge in [0, 0.05) is 49.9 Å². The van der Waals surface area contributed by atoms with Crippen LogP contribution >= 0.6 is 0 Å². The van der Waals surface area contributed by atoms with E-state index in [2.05, 4.69) is 36.0 Å². The van der Waals surface area contributed by atoms with Gasteiger partial charge in [-0.15, -0.1) is 0 Å². The van der Waals surface area contributed by atoms with Gasteiger partial charge in [0.15, 0.2) is 5.78 Å². The van der Waals surface area contributed by atoms with Gasteiger partial charge in [0.05, 0.1) is 6.10 Å². The van der Waals surface area contributed by atoms with Gasteiger partial charge in [-0.2, -0.15) is 0 Å². The molecule has 0 aromatic heterocycles. The molecule has 8 nitrogen and oxygen atoms in total.